The van der Waals surface area contributed by atoms with Gasteiger partial charge in [0.1, 0.15) is 10.5 Å². The summed E-state index contributed by atoms with van der Waals surface area (Å²) in [5, 5.41) is 0. The van der Waals surface area contributed by atoms with Crippen LogP contribution in [-0.4, -0.2) is 9.97 Å². The summed E-state index contributed by atoms with van der Waals surface area (Å²) in [4.78, 5) is 7.77. The highest BCUT2D eigenvalue weighted by atomic mass is 32.1. The molecule has 0 bridgehead atoms. The SMILES string of the molecule is CCc1c(C)[nH]c(C(C)(C)C)nc1=S. The van der Waals surface area contributed by atoms with Crippen molar-refractivity contribution in [3.8, 4) is 0 Å². The Morgan fingerprint density at radius 2 is 1.93 bits per heavy atom. The molecular formula is C11H18N2S. The highest BCUT2D eigenvalue weighted by molar-refractivity contribution is 7.71. The summed E-state index contributed by atoms with van der Waals surface area (Å²) < 4.78 is 0.744. The third-order valence-electron chi connectivity index (χ3n) is 2.29. The number of nitrogens with one attached hydrogen (secondary N) is 1. The smallest absolute Gasteiger partial charge is 0.133 e. The van der Waals surface area contributed by atoms with Crippen LogP contribution in [0.15, 0.2) is 0 Å². The molecule has 0 atom stereocenters. The van der Waals surface area contributed by atoms with E-state index in [9.17, 15) is 0 Å². The van der Waals surface area contributed by atoms with Gasteiger partial charge in [-0.3, -0.25) is 0 Å². The maximum Gasteiger partial charge on any atom is 0.133 e. The first-order valence-electron chi connectivity index (χ1n) is 4.96. The Hall–Kier alpha value is -0.700. The second kappa shape index (κ2) is 3.81. The largest absolute Gasteiger partial charge is 0.347 e. The maximum absolute atomic E-state index is 5.26. The molecule has 3 heteroatoms. The van der Waals surface area contributed by atoms with E-state index in [-0.39, 0.29) is 5.41 Å². The molecule has 0 aromatic carbocycles. The zero-order valence-corrected chi connectivity index (χ0v) is 10.4. The topological polar surface area (TPSA) is 28.7 Å². The Morgan fingerprint density at radius 1 is 1.36 bits per heavy atom. The lowest BCUT2D eigenvalue weighted by atomic mass is 9.95. The van der Waals surface area contributed by atoms with E-state index in [0.717, 1.165) is 28.1 Å². The maximum atomic E-state index is 5.26. The van der Waals surface area contributed by atoms with Crippen molar-refractivity contribution < 1.29 is 0 Å². The summed E-state index contributed by atoms with van der Waals surface area (Å²) in [6.45, 7) is 10.6. The molecule has 0 amide bonds. The quantitative estimate of drug-likeness (QED) is 0.720. The van der Waals surface area contributed by atoms with E-state index in [1.54, 1.807) is 0 Å². The van der Waals surface area contributed by atoms with E-state index in [0.29, 0.717) is 0 Å². The molecule has 1 aromatic rings. The van der Waals surface area contributed by atoms with Crippen LogP contribution in [0.2, 0.25) is 0 Å². The van der Waals surface area contributed by atoms with Crippen molar-refractivity contribution in [2.45, 2.75) is 46.5 Å². The van der Waals surface area contributed by atoms with Gasteiger partial charge in [-0.15, -0.1) is 0 Å². The van der Waals surface area contributed by atoms with E-state index < -0.39 is 0 Å². The normalized spacial score (nSPS) is 11.8. The lowest BCUT2D eigenvalue weighted by Crippen LogP contribution is -2.17. The Kier molecular flexibility index (Phi) is 3.10. The predicted octanol–water partition coefficient (Wildman–Crippen LogP) is 3.31. The van der Waals surface area contributed by atoms with Gasteiger partial charge in [0, 0.05) is 16.7 Å². The van der Waals surface area contributed by atoms with Gasteiger partial charge in [-0.1, -0.05) is 39.9 Å². The standard InChI is InChI=1S/C11H18N2S/c1-6-8-7(2)12-10(11(3,4)5)13-9(8)14/h6H2,1-5H3,(H,12,13,14). The first kappa shape index (κ1) is 11.4. The van der Waals surface area contributed by atoms with Crippen molar-refractivity contribution in [2.24, 2.45) is 0 Å². The van der Waals surface area contributed by atoms with Crippen LogP contribution in [0.3, 0.4) is 0 Å². The molecule has 0 aliphatic heterocycles. The highest BCUT2D eigenvalue weighted by Gasteiger charge is 2.17. The molecule has 14 heavy (non-hydrogen) atoms. The molecule has 78 valence electrons. The first-order valence-corrected chi connectivity index (χ1v) is 5.37. The summed E-state index contributed by atoms with van der Waals surface area (Å²) in [5.74, 6) is 0.970. The number of H-pyrrole nitrogens is 1. The van der Waals surface area contributed by atoms with Crippen LogP contribution in [0.1, 0.15) is 44.8 Å². The molecule has 0 aliphatic carbocycles. The van der Waals surface area contributed by atoms with E-state index in [2.05, 4.69) is 44.6 Å². The van der Waals surface area contributed by atoms with Gasteiger partial charge < -0.3 is 4.98 Å². The van der Waals surface area contributed by atoms with Crippen molar-refractivity contribution in [1.82, 2.24) is 9.97 Å². The molecule has 0 fully saturated rings. The molecule has 1 N–H and O–H groups in total. The molecule has 0 unspecified atom stereocenters. The van der Waals surface area contributed by atoms with Crippen LogP contribution < -0.4 is 0 Å². The van der Waals surface area contributed by atoms with Gasteiger partial charge in [0.15, 0.2) is 0 Å². The zero-order chi connectivity index (χ0) is 10.9. The van der Waals surface area contributed by atoms with Crippen LogP contribution in [0.4, 0.5) is 0 Å². The fourth-order valence-electron chi connectivity index (χ4n) is 1.38. The highest BCUT2D eigenvalue weighted by Crippen LogP contribution is 2.19. The number of hydrogen-bond donors (Lipinski definition) is 1. The van der Waals surface area contributed by atoms with Crippen LogP contribution in [0.5, 0.6) is 0 Å². The van der Waals surface area contributed by atoms with Gasteiger partial charge in [0.2, 0.25) is 0 Å². The average Bonchev–Trinajstić information content (AvgIpc) is 2.01. The molecule has 1 aromatic heterocycles. The second-order valence-electron chi connectivity index (χ2n) is 4.60. The zero-order valence-electron chi connectivity index (χ0n) is 9.56. The minimum absolute atomic E-state index is 0.0323. The number of aromatic nitrogens is 2. The summed E-state index contributed by atoms with van der Waals surface area (Å²) in [6.07, 6.45) is 0.943. The minimum Gasteiger partial charge on any atom is -0.347 e. The summed E-state index contributed by atoms with van der Waals surface area (Å²) in [7, 11) is 0. The Bertz CT molecular complexity index is 385. The molecule has 0 spiro atoms. The van der Waals surface area contributed by atoms with Crippen molar-refractivity contribution in [2.75, 3.05) is 0 Å². The van der Waals surface area contributed by atoms with Crippen LogP contribution >= 0.6 is 12.2 Å². The van der Waals surface area contributed by atoms with Crippen molar-refractivity contribution in [3.63, 3.8) is 0 Å². The monoisotopic (exact) mass is 210 g/mol. The first-order chi connectivity index (χ1) is 6.36. The van der Waals surface area contributed by atoms with Gasteiger partial charge in [0.25, 0.3) is 0 Å². The summed E-state index contributed by atoms with van der Waals surface area (Å²) >= 11 is 5.26. The lowest BCUT2D eigenvalue weighted by molar-refractivity contribution is 0.540. The lowest BCUT2D eigenvalue weighted by Gasteiger charge is -2.19. The van der Waals surface area contributed by atoms with Gasteiger partial charge in [0.05, 0.1) is 0 Å². The van der Waals surface area contributed by atoms with Crippen molar-refractivity contribution in [3.05, 3.63) is 21.7 Å². The van der Waals surface area contributed by atoms with E-state index >= 15 is 0 Å². The van der Waals surface area contributed by atoms with Crippen molar-refractivity contribution in [1.29, 1.82) is 0 Å². The molecule has 2 nitrogen and oxygen atoms in total. The predicted molar refractivity (Wildman–Crippen MR) is 62.2 cm³/mol. The molecule has 1 heterocycles. The van der Waals surface area contributed by atoms with E-state index in [4.69, 9.17) is 12.2 Å². The van der Waals surface area contributed by atoms with Crippen LogP contribution in [0, 0.1) is 11.6 Å². The summed E-state index contributed by atoms with van der Waals surface area (Å²) in [5.41, 5.74) is 2.34. The second-order valence-corrected chi connectivity index (χ2v) is 4.98. The number of aromatic amines is 1. The minimum atomic E-state index is 0.0323. The number of nitrogens with zero attached hydrogens (tertiary/aromatic N) is 1. The molecule has 0 saturated carbocycles. The fourth-order valence-corrected chi connectivity index (χ4v) is 1.77. The molecule has 0 saturated heterocycles. The van der Waals surface area contributed by atoms with Gasteiger partial charge in [-0.25, -0.2) is 4.98 Å². The van der Waals surface area contributed by atoms with Crippen LogP contribution in [0.25, 0.3) is 0 Å². The fraction of sp³-hybridized carbons (Fsp3) is 0.636. The third kappa shape index (κ3) is 2.21. The molecular weight excluding hydrogens is 192 g/mol. The molecule has 0 radical (unpaired) electrons. The summed E-state index contributed by atoms with van der Waals surface area (Å²) in [6, 6.07) is 0. The van der Waals surface area contributed by atoms with Crippen LogP contribution in [-0.2, 0) is 11.8 Å². The average molecular weight is 210 g/mol. The van der Waals surface area contributed by atoms with E-state index in [1.807, 2.05) is 0 Å². The van der Waals surface area contributed by atoms with Crippen molar-refractivity contribution >= 4 is 12.2 Å². The molecule has 1 rings (SSSR count). The van der Waals surface area contributed by atoms with Gasteiger partial charge in [-0.2, -0.15) is 0 Å². The number of rotatable bonds is 1. The van der Waals surface area contributed by atoms with Gasteiger partial charge >= 0.3 is 0 Å². The third-order valence-corrected chi connectivity index (χ3v) is 2.63. The number of aryl methyl sites for hydroxylation is 1. The Labute approximate surface area is 90.8 Å². The Morgan fingerprint density at radius 3 is 2.29 bits per heavy atom. The van der Waals surface area contributed by atoms with Gasteiger partial charge in [-0.05, 0) is 13.3 Å². The van der Waals surface area contributed by atoms with E-state index in [1.165, 1.54) is 0 Å². The Balaban J connectivity index is 3.36. The number of hydrogen-bond acceptors (Lipinski definition) is 2. The molecule has 0 aliphatic rings.